The Morgan fingerprint density at radius 3 is 2.37 bits per heavy atom. The highest BCUT2D eigenvalue weighted by Gasteiger charge is 2.22. The van der Waals surface area contributed by atoms with Crippen molar-refractivity contribution >= 4 is 31.9 Å². The number of rotatable bonds is 4. The van der Waals surface area contributed by atoms with Gasteiger partial charge in [-0.25, -0.2) is 0 Å². The van der Waals surface area contributed by atoms with Crippen LogP contribution in [0.2, 0.25) is 0 Å². The molecule has 1 nitrogen and oxygen atoms in total. The molecule has 19 heavy (non-hydrogen) atoms. The highest BCUT2D eigenvalue weighted by Crippen LogP contribution is 2.37. The minimum absolute atomic E-state index is 0.104. The minimum atomic E-state index is -0.515. The summed E-state index contributed by atoms with van der Waals surface area (Å²) in [5.41, 5.74) is 2.09. The molecule has 0 amide bonds. The van der Waals surface area contributed by atoms with Gasteiger partial charge in [0.1, 0.15) is 0 Å². The Kier molecular flexibility index (Phi) is 5.20. The van der Waals surface area contributed by atoms with Gasteiger partial charge in [-0.2, -0.15) is 0 Å². The quantitative estimate of drug-likeness (QED) is 0.745. The first kappa shape index (κ1) is 14.8. The van der Waals surface area contributed by atoms with Gasteiger partial charge in [-0.1, -0.05) is 69.1 Å². The molecule has 0 aromatic heterocycles. The maximum atomic E-state index is 10.7. The molecule has 0 fully saturated rings. The number of hydrogen-bond acceptors (Lipinski definition) is 1. The Hall–Kier alpha value is -0.640. The van der Waals surface area contributed by atoms with Crippen LogP contribution in [0.3, 0.4) is 0 Å². The lowest BCUT2D eigenvalue weighted by Crippen LogP contribution is -2.11. The summed E-state index contributed by atoms with van der Waals surface area (Å²) in [6.07, 6.45) is 0.378. The third-order valence-electron chi connectivity index (χ3n) is 3.33. The first-order valence-electron chi connectivity index (χ1n) is 6.31. The SMILES string of the molecule is CCC(c1ccccc1)C(O)c1cc(Br)ccc1Br. The molecule has 2 aromatic carbocycles. The van der Waals surface area contributed by atoms with E-state index in [-0.39, 0.29) is 5.92 Å². The standard InChI is InChI=1S/C16H16Br2O/c1-2-13(11-6-4-3-5-7-11)16(19)14-10-12(17)8-9-15(14)18/h3-10,13,16,19H,2H2,1H3. The van der Waals surface area contributed by atoms with Crippen LogP contribution in [0.5, 0.6) is 0 Å². The fourth-order valence-corrected chi connectivity index (χ4v) is 3.16. The van der Waals surface area contributed by atoms with Crippen LogP contribution in [-0.2, 0) is 0 Å². The summed E-state index contributed by atoms with van der Waals surface area (Å²) < 4.78 is 1.92. The van der Waals surface area contributed by atoms with Crippen LogP contribution in [0.1, 0.15) is 36.5 Å². The van der Waals surface area contributed by atoms with E-state index in [1.165, 1.54) is 5.56 Å². The summed E-state index contributed by atoms with van der Waals surface area (Å²) in [6, 6.07) is 16.1. The third-order valence-corrected chi connectivity index (χ3v) is 4.54. The van der Waals surface area contributed by atoms with Crippen molar-refractivity contribution in [3.8, 4) is 0 Å². The van der Waals surface area contributed by atoms with Crippen LogP contribution >= 0.6 is 31.9 Å². The smallest absolute Gasteiger partial charge is 0.0869 e. The molecule has 0 heterocycles. The van der Waals surface area contributed by atoms with E-state index >= 15 is 0 Å². The van der Waals surface area contributed by atoms with Crippen molar-refractivity contribution in [3.63, 3.8) is 0 Å². The van der Waals surface area contributed by atoms with Gasteiger partial charge in [0.05, 0.1) is 6.10 Å². The maximum Gasteiger partial charge on any atom is 0.0869 e. The van der Waals surface area contributed by atoms with Crippen molar-refractivity contribution in [3.05, 3.63) is 68.6 Å². The van der Waals surface area contributed by atoms with Crippen LogP contribution in [0.15, 0.2) is 57.5 Å². The average molecular weight is 384 g/mol. The van der Waals surface area contributed by atoms with Crippen molar-refractivity contribution in [1.29, 1.82) is 0 Å². The molecule has 2 rings (SSSR count). The number of halogens is 2. The van der Waals surface area contributed by atoms with Gasteiger partial charge in [0.15, 0.2) is 0 Å². The molecule has 1 N–H and O–H groups in total. The van der Waals surface area contributed by atoms with E-state index < -0.39 is 6.10 Å². The predicted molar refractivity (Wildman–Crippen MR) is 86.3 cm³/mol. The highest BCUT2D eigenvalue weighted by molar-refractivity contribution is 9.11. The highest BCUT2D eigenvalue weighted by atomic mass is 79.9. The number of benzene rings is 2. The molecule has 0 bridgehead atoms. The zero-order chi connectivity index (χ0) is 13.8. The molecule has 0 spiro atoms. The first-order chi connectivity index (χ1) is 9.13. The van der Waals surface area contributed by atoms with Gasteiger partial charge >= 0.3 is 0 Å². The van der Waals surface area contributed by atoms with Crippen LogP contribution in [0.25, 0.3) is 0 Å². The van der Waals surface area contributed by atoms with Crippen LogP contribution in [0.4, 0.5) is 0 Å². The molecule has 100 valence electrons. The Morgan fingerprint density at radius 1 is 1.05 bits per heavy atom. The zero-order valence-corrected chi connectivity index (χ0v) is 13.9. The molecule has 3 heteroatoms. The average Bonchev–Trinajstić information content (AvgIpc) is 2.43. The summed E-state index contributed by atoms with van der Waals surface area (Å²) in [7, 11) is 0. The number of hydrogen-bond donors (Lipinski definition) is 1. The topological polar surface area (TPSA) is 20.2 Å². The fourth-order valence-electron chi connectivity index (χ4n) is 2.30. The van der Waals surface area contributed by atoms with E-state index in [0.717, 1.165) is 20.9 Å². The van der Waals surface area contributed by atoms with Gasteiger partial charge in [-0.15, -0.1) is 0 Å². The summed E-state index contributed by atoms with van der Waals surface area (Å²) in [6.45, 7) is 2.10. The Labute approximate surface area is 130 Å². The van der Waals surface area contributed by atoms with E-state index in [1.807, 2.05) is 36.4 Å². The number of aliphatic hydroxyl groups excluding tert-OH is 1. The van der Waals surface area contributed by atoms with Gasteiger partial charge in [-0.05, 0) is 35.7 Å². The molecular weight excluding hydrogens is 368 g/mol. The number of aliphatic hydroxyl groups is 1. The minimum Gasteiger partial charge on any atom is -0.388 e. The second-order valence-corrected chi connectivity index (χ2v) is 6.31. The summed E-state index contributed by atoms with van der Waals surface area (Å²) in [4.78, 5) is 0. The first-order valence-corrected chi connectivity index (χ1v) is 7.90. The van der Waals surface area contributed by atoms with Crippen LogP contribution < -0.4 is 0 Å². The molecule has 0 aliphatic heterocycles. The molecule has 0 saturated carbocycles. The van der Waals surface area contributed by atoms with Gasteiger partial charge in [-0.3, -0.25) is 0 Å². The van der Waals surface area contributed by atoms with Crippen molar-refractivity contribution < 1.29 is 5.11 Å². The lowest BCUT2D eigenvalue weighted by molar-refractivity contribution is 0.141. The Balaban J connectivity index is 2.36. The van der Waals surface area contributed by atoms with Gasteiger partial charge in [0.25, 0.3) is 0 Å². The molecule has 0 saturated heterocycles. The summed E-state index contributed by atoms with van der Waals surface area (Å²) in [5.74, 6) is 0.104. The van der Waals surface area contributed by atoms with E-state index in [1.54, 1.807) is 0 Å². The molecule has 2 unspecified atom stereocenters. The molecule has 0 aliphatic rings. The van der Waals surface area contributed by atoms with Crippen LogP contribution in [0, 0.1) is 0 Å². The molecule has 2 atom stereocenters. The zero-order valence-electron chi connectivity index (χ0n) is 10.7. The monoisotopic (exact) mass is 382 g/mol. The largest absolute Gasteiger partial charge is 0.388 e. The van der Waals surface area contributed by atoms with Gasteiger partial charge < -0.3 is 5.11 Å². The fraction of sp³-hybridized carbons (Fsp3) is 0.250. The van der Waals surface area contributed by atoms with Crippen LogP contribution in [-0.4, -0.2) is 5.11 Å². The Morgan fingerprint density at radius 2 is 1.74 bits per heavy atom. The molecule has 0 radical (unpaired) electrons. The lowest BCUT2D eigenvalue weighted by atomic mass is 9.87. The Bertz CT molecular complexity index is 540. The van der Waals surface area contributed by atoms with E-state index in [0.29, 0.717) is 0 Å². The van der Waals surface area contributed by atoms with Crippen molar-refractivity contribution in [2.45, 2.75) is 25.4 Å². The third kappa shape index (κ3) is 3.47. The van der Waals surface area contributed by atoms with Crippen molar-refractivity contribution in [1.82, 2.24) is 0 Å². The van der Waals surface area contributed by atoms with Crippen molar-refractivity contribution in [2.75, 3.05) is 0 Å². The maximum absolute atomic E-state index is 10.7. The molecule has 2 aromatic rings. The normalized spacial score (nSPS) is 14.1. The lowest BCUT2D eigenvalue weighted by Gasteiger charge is -2.23. The molecule has 0 aliphatic carbocycles. The van der Waals surface area contributed by atoms with Crippen molar-refractivity contribution in [2.24, 2.45) is 0 Å². The van der Waals surface area contributed by atoms with E-state index in [2.05, 4.69) is 50.9 Å². The summed E-state index contributed by atoms with van der Waals surface area (Å²) >= 11 is 6.98. The van der Waals surface area contributed by atoms with E-state index in [4.69, 9.17) is 0 Å². The second kappa shape index (κ2) is 6.69. The summed E-state index contributed by atoms with van der Waals surface area (Å²) in [5, 5.41) is 10.7. The molecular formula is C16H16Br2O. The van der Waals surface area contributed by atoms with E-state index in [9.17, 15) is 5.11 Å². The van der Waals surface area contributed by atoms with Gasteiger partial charge in [0.2, 0.25) is 0 Å². The predicted octanol–water partition coefficient (Wildman–Crippen LogP) is 5.44. The van der Waals surface area contributed by atoms with Gasteiger partial charge in [0, 0.05) is 14.9 Å². The second-order valence-electron chi connectivity index (χ2n) is 4.54.